The van der Waals surface area contributed by atoms with Gasteiger partial charge in [-0.15, -0.1) is 0 Å². The first-order valence-corrected chi connectivity index (χ1v) is 6.41. The van der Waals surface area contributed by atoms with Crippen molar-refractivity contribution in [3.8, 4) is 5.75 Å². The summed E-state index contributed by atoms with van der Waals surface area (Å²) < 4.78 is 15.0. The molecular formula is C14H20N2O5. The summed E-state index contributed by atoms with van der Waals surface area (Å²) in [6.45, 7) is 2.20. The van der Waals surface area contributed by atoms with Crippen molar-refractivity contribution in [2.75, 3.05) is 33.1 Å². The van der Waals surface area contributed by atoms with Crippen LogP contribution >= 0.6 is 0 Å². The maximum absolute atomic E-state index is 12.1. The minimum atomic E-state index is -0.946. The lowest BCUT2D eigenvalue weighted by Crippen LogP contribution is -2.37. The lowest BCUT2D eigenvalue weighted by Gasteiger charge is -2.15. The van der Waals surface area contributed by atoms with E-state index >= 15 is 0 Å². The quantitative estimate of drug-likeness (QED) is 0.434. The van der Waals surface area contributed by atoms with Crippen LogP contribution in [-0.2, 0) is 14.3 Å². The first-order chi connectivity index (χ1) is 10.0. The van der Waals surface area contributed by atoms with Crippen molar-refractivity contribution < 1.29 is 23.8 Å². The maximum atomic E-state index is 12.1. The predicted molar refractivity (Wildman–Crippen MR) is 77.2 cm³/mol. The molecule has 3 N–H and O–H groups in total. The molecule has 0 aliphatic rings. The Labute approximate surface area is 123 Å². The van der Waals surface area contributed by atoms with Crippen molar-refractivity contribution in [3.63, 3.8) is 0 Å². The Morgan fingerprint density at radius 3 is 2.67 bits per heavy atom. The highest BCUT2D eigenvalue weighted by molar-refractivity contribution is 5.99. The number of anilines is 1. The van der Waals surface area contributed by atoms with E-state index in [0.717, 1.165) is 0 Å². The number of carbonyl (C=O) groups excluding carboxylic acids is 2. The summed E-state index contributed by atoms with van der Waals surface area (Å²) >= 11 is 0. The zero-order chi connectivity index (χ0) is 15.8. The van der Waals surface area contributed by atoms with E-state index in [1.165, 1.54) is 21.1 Å². The molecule has 0 saturated carbocycles. The van der Waals surface area contributed by atoms with E-state index in [-0.39, 0.29) is 11.3 Å². The van der Waals surface area contributed by atoms with Crippen LogP contribution in [0.4, 0.5) is 5.69 Å². The third-order valence-corrected chi connectivity index (χ3v) is 2.74. The van der Waals surface area contributed by atoms with Crippen LogP contribution in [0.5, 0.6) is 5.75 Å². The molecule has 0 spiro atoms. The molecule has 1 amide bonds. The SMILES string of the molecule is COCCNC(=O)C(C)OC(=O)c1c(N)cccc1OC. The van der Waals surface area contributed by atoms with E-state index in [1.807, 2.05) is 0 Å². The molecular weight excluding hydrogens is 276 g/mol. The number of nitrogen functional groups attached to an aromatic ring is 1. The molecule has 21 heavy (non-hydrogen) atoms. The molecule has 0 aliphatic carbocycles. The third-order valence-electron chi connectivity index (χ3n) is 2.74. The van der Waals surface area contributed by atoms with Gasteiger partial charge in [-0.05, 0) is 19.1 Å². The number of hydrogen-bond donors (Lipinski definition) is 2. The fraction of sp³-hybridized carbons (Fsp3) is 0.429. The Morgan fingerprint density at radius 1 is 1.33 bits per heavy atom. The van der Waals surface area contributed by atoms with Gasteiger partial charge < -0.3 is 25.3 Å². The molecule has 1 atom stereocenters. The van der Waals surface area contributed by atoms with Gasteiger partial charge in [0, 0.05) is 19.3 Å². The van der Waals surface area contributed by atoms with Crippen LogP contribution in [0.2, 0.25) is 0 Å². The summed E-state index contributed by atoms with van der Waals surface area (Å²) in [7, 11) is 2.95. The molecule has 0 radical (unpaired) electrons. The van der Waals surface area contributed by atoms with Gasteiger partial charge in [-0.25, -0.2) is 4.79 Å². The van der Waals surface area contributed by atoms with E-state index < -0.39 is 18.0 Å². The average Bonchev–Trinajstić information content (AvgIpc) is 2.46. The molecule has 1 unspecified atom stereocenters. The molecule has 0 bridgehead atoms. The average molecular weight is 296 g/mol. The molecule has 0 aromatic heterocycles. The Morgan fingerprint density at radius 2 is 2.05 bits per heavy atom. The molecule has 1 aromatic rings. The van der Waals surface area contributed by atoms with Gasteiger partial charge in [0.05, 0.1) is 13.7 Å². The second kappa shape index (κ2) is 8.11. The molecule has 7 heteroatoms. The number of benzene rings is 1. The van der Waals surface area contributed by atoms with Gasteiger partial charge in [0.15, 0.2) is 6.10 Å². The topological polar surface area (TPSA) is 99.9 Å². The number of nitrogens with two attached hydrogens (primary N) is 1. The molecule has 0 aliphatic heterocycles. The number of rotatable bonds is 7. The normalized spacial score (nSPS) is 11.6. The van der Waals surface area contributed by atoms with Gasteiger partial charge in [0.1, 0.15) is 11.3 Å². The lowest BCUT2D eigenvalue weighted by atomic mass is 10.1. The largest absolute Gasteiger partial charge is 0.496 e. The van der Waals surface area contributed by atoms with Gasteiger partial charge >= 0.3 is 5.97 Å². The van der Waals surface area contributed by atoms with Gasteiger partial charge in [-0.3, -0.25) is 4.79 Å². The van der Waals surface area contributed by atoms with Crippen LogP contribution in [-0.4, -0.2) is 45.4 Å². The molecule has 0 fully saturated rings. The number of methoxy groups -OCH3 is 2. The minimum absolute atomic E-state index is 0.108. The van der Waals surface area contributed by atoms with E-state index in [2.05, 4.69) is 5.32 Å². The Kier molecular flexibility index (Phi) is 6.48. The predicted octanol–water partition coefficient (Wildman–Crippen LogP) is 0.585. The van der Waals surface area contributed by atoms with Crippen molar-refractivity contribution in [1.29, 1.82) is 0 Å². The Bertz CT molecular complexity index is 504. The number of hydrogen-bond acceptors (Lipinski definition) is 6. The highest BCUT2D eigenvalue weighted by atomic mass is 16.5. The van der Waals surface area contributed by atoms with Crippen LogP contribution in [0.25, 0.3) is 0 Å². The number of ether oxygens (including phenoxy) is 3. The number of amides is 1. The summed E-state index contributed by atoms with van der Waals surface area (Å²) in [6.07, 6.45) is -0.946. The smallest absolute Gasteiger partial charge is 0.344 e. The molecule has 7 nitrogen and oxygen atoms in total. The van der Waals surface area contributed by atoms with Crippen LogP contribution in [0.1, 0.15) is 17.3 Å². The van der Waals surface area contributed by atoms with Crippen molar-refractivity contribution >= 4 is 17.6 Å². The number of nitrogens with one attached hydrogen (secondary N) is 1. The summed E-state index contributed by atoms with van der Waals surface area (Å²) in [5.41, 5.74) is 6.09. The van der Waals surface area contributed by atoms with E-state index in [4.69, 9.17) is 19.9 Å². The fourth-order valence-corrected chi connectivity index (χ4v) is 1.63. The van der Waals surface area contributed by atoms with Gasteiger partial charge in [-0.1, -0.05) is 6.07 Å². The minimum Gasteiger partial charge on any atom is -0.496 e. The van der Waals surface area contributed by atoms with Crippen LogP contribution in [0.15, 0.2) is 18.2 Å². The summed E-state index contributed by atoms with van der Waals surface area (Å²) in [5.74, 6) is -0.819. The summed E-state index contributed by atoms with van der Waals surface area (Å²) in [4.78, 5) is 23.8. The highest BCUT2D eigenvalue weighted by Crippen LogP contribution is 2.25. The van der Waals surface area contributed by atoms with Crippen LogP contribution in [0.3, 0.4) is 0 Å². The van der Waals surface area contributed by atoms with E-state index in [0.29, 0.717) is 18.9 Å². The van der Waals surface area contributed by atoms with E-state index in [9.17, 15) is 9.59 Å². The molecule has 0 saturated heterocycles. The van der Waals surface area contributed by atoms with Crippen molar-refractivity contribution in [2.24, 2.45) is 0 Å². The maximum Gasteiger partial charge on any atom is 0.344 e. The van der Waals surface area contributed by atoms with E-state index in [1.54, 1.807) is 18.2 Å². The van der Waals surface area contributed by atoms with Gasteiger partial charge in [0.2, 0.25) is 0 Å². The summed E-state index contributed by atoms with van der Waals surface area (Å²) in [6, 6.07) is 4.81. The third kappa shape index (κ3) is 4.64. The first kappa shape index (κ1) is 16.8. The Hall–Kier alpha value is -2.28. The first-order valence-electron chi connectivity index (χ1n) is 6.41. The second-order valence-corrected chi connectivity index (χ2v) is 4.26. The van der Waals surface area contributed by atoms with Crippen LogP contribution in [0, 0.1) is 0 Å². The molecule has 0 heterocycles. The lowest BCUT2D eigenvalue weighted by molar-refractivity contribution is -0.129. The molecule has 1 rings (SSSR count). The van der Waals surface area contributed by atoms with Gasteiger partial charge in [0.25, 0.3) is 5.91 Å². The Balaban J connectivity index is 2.71. The van der Waals surface area contributed by atoms with Crippen molar-refractivity contribution in [1.82, 2.24) is 5.32 Å². The number of esters is 1. The van der Waals surface area contributed by atoms with Crippen LogP contribution < -0.4 is 15.8 Å². The van der Waals surface area contributed by atoms with Gasteiger partial charge in [-0.2, -0.15) is 0 Å². The zero-order valence-corrected chi connectivity index (χ0v) is 12.3. The van der Waals surface area contributed by atoms with Crippen molar-refractivity contribution in [2.45, 2.75) is 13.0 Å². The second-order valence-electron chi connectivity index (χ2n) is 4.26. The monoisotopic (exact) mass is 296 g/mol. The highest BCUT2D eigenvalue weighted by Gasteiger charge is 2.22. The molecule has 116 valence electrons. The zero-order valence-electron chi connectivity index (χ0n) is 12.3. The fourth-order valence-electron chi connectivity index (χ4n) is 1.63. The molecule has 1 aromatic carbocycles. The standard InChI is InChI=1S/C14H20N2O5/c1-9(13(17)16-7-8-19-2)21-14(18)12-10(15)5-4-6-11(12)20-3/h4-6,9H,7-8,15H2,1-3H3,(H,16,17). The number of carbonyl (C=O) groups is 2. The summed E-state index contributed by atoms with van der Waals surface area (Å²) in [5, 5.41) is 2.58. The van der Waals surface area contributed by atoms with Crippen molar-refractivity contribution in [3.05, 3.63) is 23.8 Å².